The molecular formula is C19H22ClN3O3. The number of nitrogens with zero attached hydrogens (tertiary/aromatic N) is 1. The van der Waals surface area contributed by atoms with Gasteiger partial charge >= 0.3 is 0 Å². The van der Waals surface area contributed by atoms with Crippen LogP contribution in [0, 0.1) is 0 Å². The number of carbonyl (C=O) groups excluding carboxylic acids is 2. The number of benzene rings is 1. The van der Waals surface area contributed by atoms with Gasteiger partial charge in [-0.25, -0.2) is 0 Å². The second kappa shape index (κ2) is 7.93. The summed E-state index contributed by atoms with van der Waals surface area (Å²) in [6, 6.07) is 9.70. The number of furan rings is 1. The van der Waals surface area contributed by atoms with Crippen molar-refractivity contribution < 1.29 is 14.0 Å². The zero-order valence-corrected chi connectivity index (χ0v) is 15.2. The lowest BCUT2D eigenvalue weighted by molar-refractivity contribution is -0.117. The number of amides is 2. The molecule has 0 unspecified atom stereocenters. The van der Waals surface area contributed by atoms with Gasteiger partial charge in [-0.3, -0.25) is 9.59 Å². The summed E-state index contributed by atoms with van der Waals surface area (Å²) < 4.78 is 5.44. The first-order chi connectivity index (χ1) is 12.2. The number of nitrogens with one attached hydrogen (secondary N) is 2. The first-order valence-corrected chi connectivity index (χ1v) is 8.68. The van der Waals surface area contributed by atoms with E-state index in [2.05, 4.69) is 10.6 Å². The zero-order chi connectivity index (χ0) is 17.2. The number of carbonyl (C=O) groups is 2. The minimum atomic E-state index is -0.202. The van der Waals surface area contributed by atoms with E-state index in [1.165, 1.54) is 6.26 Å². The molecule has 2 aliphatic rings. The van der Waals surface area contributed by atoms with E-state index < -0.39 is 0 Å². The van der Waals surface area contributed by atoms with Crippen molar-refractivity contribution in [3.05, 3.63) is 53.5 Å². The van der Waals surface area contributed by atoms with E-state index in [4.69, 9.17) is 4.42 Å². The third kappa shape index (κ3) is 3.61. The molecule has 1 aromatic carbocycles. The van der Waals surface area contributed by atoms with Crippen LogP contribution in [-0.2, 0) is 17.8 Å². The van der Waals surface area contributed by atoms with Crippen molar-refractivity contribution in [2.45, 2.75) is 31.8 Å². The summed E-state index contributed by atoms with van der Waals surface area (Å²) in [5.74, 6) is 0.148. The molecule has 2 amide bonds. The van der Waals surface area contributed by atoms with E-state index in [0.29, 0.717) is 18.7 Å². The standard InChI is InChI=1S/C19H21N3O3.ClH/c23-17-11-13-3-1-2-4-16(13)22(17)12-14-7-10-25-18(14)19(24)21-15-5-8-20-9-6-15;/h1-4,7,10,15,20H,5-6,8-9,11-12H2,(H,21,24);1H. The first-order valence-electron chi connectivity index (χ1n) is 8.68. The number of hydrogen-bond donors (Lipinski definition) is 2. The zero-order valence-electron chi connectivity index (χ0n) is 14.4. The Morgan fingerprint density at radius 3 is 2.81 bits per heavy atom. The fourth-order valence-electron chi connectivity index (χ4n) is 3.54. The molecule has 7 heteroatoms. The van der Waals surface area contributed by atoms with Crippen molar-refractivity contribution in [2.24, 2.45) is 0 Å². The molecule has 2 aromatic rings. The number of rotatable bonds is 4. The van der Waals surface area contributed by atoms with E-state index in [9.17, 15) is 9.59 Å². The molecule has 2 N–H and O–H groups in total. The topological polar surface area (TPSA) is 74.6 Å². The van der Waals surface area contributed by atoms with E-state index >= 15 is 0 Å². The highest BCUT2D eigenvalue weighted by Crippen LogP contribution is 2.30. The third-order valence-corrected chi connectivity index (χ3v) is 4.88. The van der Waals surface area contributed by atoms with Crippen LogP contribution >= 0.6 is 12.4 Å². The van der Waals surface area contributed by atoms with Crippen LogP contribution in [0.25, 0.3) is 0 Å². The summed E-state index contributed by atoms with van der Waals surface area (Å²) >= 11 is 0. The SMILES string of the molecule is Cl.O=C(NC1CCNCC1)c1occc1CN1C(=O)Cc2ccccc21. The molecule has 2 aliphatic heterocycles. The molecule has 26 heavy (non-hydrogen) atoms. The summed E-state index contributed by atoms with van der Waals surface area (Å²) in [4.78, 5) is 26.6. The van der Waals surface area contributed by atoms with Gasteiger partial charge in [-0.15, -0.1) is 12.4 Å². The van der Waals surface area contributed by atoms with Gasteiger partial charge in [0.25, 0.3) is 5.91 Å². The molecule has 0 radical (unpaired) electrons. The van der Waals surface area contributed by atoms with Crippen LogP contribution in [0.15, 0.2) is 41.0 Å². The number of para-hydroxylation sites is 1. The van der Waals surface area contributed by atoms with E-state index in [1.807, 2.05) is 24.3 Å². The molecule has 0 atom stereocenters. The van der Waals surface area contributed by atoms with Gasteiger partial charge in [0.2, 0.25) is 5.91 Å². The molecule has 0 aliphatic carbocycles. The normalized spacial score (nSPS) is 16.9. The lowest BCUT2D eigenvalue weighted by Gasteiger charge is -2.23. The van der Waals surface area contributed by atoms with Gasteiger partial charge in [-0.2, -0.15) is 0 Å². The van der Waals surface area contributed by atoms with Crippen LogP contribution in [0.2, 0.25) is 0 Å². The molecule has 1 fully saturated rings. The molecule has 6 nitrogen and oxygen atoms in total. The highest BCUT2D eigenvalue weighted by molar-refractivity contribution is 6.01. The van der Waals surface area contributed by atoms with E-state index in [1.54, 1.807) is 11.0 Å². The third-order valence-electron chi connectivity index (χ3n) is 4.88. The van der Waals surface area contributed by atoms with Gasteiger partial charge in [0, 0.05) is 17.3 Å². The average Bonchev–Trinajstić information content (AvgIpc) is 3.21. The maximum absolute atomic E-state index is 12.6. The molecule has 3 heterocycles. The lowest BCUT2D eigenvalue weighted by Crippen LogP contribution is -2.43. The molecule has 0 spiro atoms. The number of hydrogen-bond acceptors (Lipinski definition) is 4. The smallest absolute Gasteiger partial charge is 0.287 e. The summed E-state index contributed by atoms with van der Waals surface area (Å²) in [5.41, 5.74) is 2.67. The molecule has 0 saturated carbocycles. The Kier molecular flexibility index (Phi) is 5.64. The molecule has 4 rings (SSSR count). The van der Waals surface area contributed by atoms with Crippen molar-refractivity contribution in [2.75, 3.05) is 18.0 Å². The Labute approximate surface area is 158 Å². The highest BCUT2D eigenvalue weighted by Gasteiger charge is 2.29. The number of halogens is 1. The quantitative estimate of drug-likeness (QED) is 0.859. The Morgan fingerprint density at radius 1 is 1.23 bits per heavy atom. The van der Waals surface area contributed by atoms with Gasteiger partial charge in [-0.1, -0.05) is 18.2 Å². The largest absolute Gasteiger partial charge is 0.459 e. The maximum atomic E-state index is 12.6. The second-order valence-corrected chi connectivity index (χ2v) is 6.56. The van der Waals surface area contributed by atoms with Gasteiger partial charge in [0.05, 0.1) is 19.2 Å². The monoisotopic (exact) mass is 375 g/mol. The van der Waals surface area contributed by atoms with Crippen LogP contribution in [-0.4, -0.2) is 30.9 Å². The van der Waals surface area contributed by atoms with Crippen molar-refractivity contribution in [1.29, 1.82) is 0 Å². The Hall–Kier alpha value is -2.31. The number of fused-ring (bicyclic) bond motifs is 1. The molecular weight excluding hydrogens is 354 g/mol. The summed E-state index contributed by atoms with van der Waals surface area (Å²) in [6.07, 6.45) is 3.75. The van der Waals surface area contributed by atoms with Gasteiger partial charge < -0.3 is 20.0 Å². The fraction of sp³-hybridized carbons (Fsp3) is 0.368. The van der Waals surface area contributed by atoms with Gasteiger partial charge in [0.1, 0.15) is 0 Å². The Morgan fingerprint density at radius 2 is 2.00 bits per heavy atom. The van der Waals surface area contributed by atoms with Crippen LogP contribution in [0.1, 0.15) is 34.5 Å². The summed E-state index contributed by atoms with van der Waals surface area (Å²) in [6.45, 7) is 2.17. The first kappa shape index (κ1) is 18.5. The van der Waals surface area contributed by atoms with Crippen LogP contribution in [0.5, 0.6) is 0 Å². The minimum absolute atomic E-state index is 0. The van der Waals surface area contributed by atoms with E-state index in [0.717, 1.165) is 42.7 Å². The number of anilines is 1. The summed E-state index contributed by atoms with van der Waals surface area (Å²) in [7, 11) is 0. The molecule has 138 valence electrons. The van der Waals surface area contributed by atoms with E-state index in [-0.39, 0.29) is 30.3 Å². The highest BCUT2D eigenvalue weighted by atomic mass is 35.5. The Balaban J connectivity index is 0.00000196. The minimum Gasteiger partial charge on any atom is -0.459 e. The predicted octanol–water partition coefficient (Wildman–Crippen LogP) is 2.27. The molecule has 1 aromatic heterocycles. The molecule has 0 bridgehead atoms. The Bertz CT molecular complexity index is 799. The maximum Gasteiger partial charge on any atom is 0.287 e. The van der Waals surface area contributed by atoms with Crippen molar-refractivity contribution in [3.63, 3.8) is 0 Å². The van der Waals surface area contributed by atoms with Crippen LogP contribution in [0.4, 0.5) is 5.69 Å². The average molecular weight is 376 g/mol. The fourth-order valence-corrected chi connectivity index (χ4v) is 3.54. The predicted molar refractivity (Wildman–Crippen MR) is 101 cm³/mol. The van der Waals surface area contributed by atoms with Crippen molar-refractivity contribution >= 4 is 29.9 Å². The van der Waals surface area contributed by atoms with Gasteiger partial charge in [-0.05, 0) is 43.6 Å². The van der Waals surface area contributed by atoms with Crippen molar-refractivity contribution in [3.8, 4) is 0 Å². The lowest BCUT2D eigenvalue weighted by atomic mass is 10.1. The second-order valence-electron chi connectivity index (χ2n) is 6.56. The summed E-state index contributed by atoms with van der Waals surface area (Å²) in [5, 5.41) is 6.32. The van der Waals surface area contributed by atoms with Crippen molar-refractivity contribution in [1.82, 2.24) is 10.6 Å². The van der Waals surface area contributed by atoms with Gasteiger partial charge in [0.15, 0.2) is 5.76 Å². The van der Waals surface area contributed by atoms with Crippen LogP contribution in [0.3, 0.4) is 0 Å². The number of piperidine rings is 1. The molecule has 1 saturated heterocycles. The van der Waals surface area contributed by atoms with Crippen LogP contribution < -0.4 is 15.5 Å².